The van der Waals surface area contributed by atoms with Gasteiger partial charge in [0.15, 0.2) is 0 Å². The molecule has 0 fully saturated rings. The molecular formula is C15H14BrN3. The molecule has 0 aliphatic heterocycles. The molecule has 3 nitrogen and oxygen atoms in total. The Morgan fingerprint density at radius 1 is 1.21 bits per heavy atom. The van der Waals surface area contributed by atoms with Gasteiger partial charge in [0.1, 0.15) is 5.65 Å². The van der Waals surface area contributed by atoms with Gasteiger partial charge in [0.05, 0.1) is 17.9 Å². The number of benzene rings is 1. The Morgan fingerprint density at radius 2 is 2.11 bits per heavy atom. The SMILES string of the molecule is Cc1nc2ccccn2c1CNc1cccc(Br)c1. The van der Waals surface area contributed by atoms with Crippen LogP contribution < -0.4 is 5.32 Å². The number of rotatable bonds is 3. The Hall–Kier alpha value is -1.81. The summed E-state index contributed by atoms with van der Waals surface area (Å²) in [5.74, 6) is 0. The fourth-order valence-corrected chi connectivity index (χ4v) is 2.56. The molecule has 0 amide bonds. The molecule has 1 N–H and O–H groups in total. The van der Waals surface area contributed by atoms with Crippen molar-refractivity contribution in [2.45, 2.75) is 13.5 Å². The molecule has 0 unspecified atom stereocenters. The predicted octanol–water partition coefficient (Wildman–Crippen LogP) is 4.02. The number of hydrogen-bond acceptors (Lipinski definition) is 2. The molecule has 0 saturated heterocycles. The minimum absolute atomic E-state index is 0.757. The number of imidazole rings is 1. The summed E-state index contributed by atoms with van der Waals surface area (Å²) in [5.41, 5.74) is 4.34. The highest BCUT2D eigenvalue weighted by atomic mass is 79.9. The molecule has 0 radical (unpaired) electrons. The molecule has 1 aromatic carbocycles. The van der Waals surface area contributed by atoms with E-state index in [-0.39, 0.29) is 0 Å². The number of fused-ring (bicyclic) bond motifs is 1. The highest BCUT2D eigenvalue weighted by molar-refractivity contribution is 9.10. The van der Waals surface area contributed by atoms with Crippen molar-refractivity contribution in [1.29, 1.82) is 0 Å². The molecule has 2 aromatic heterocycles. The smallest absolute Gasteiger partial charge is 0.137 e. The standard InChI is InChI=1S/C15H14BrN3/c1-11-14(19-8-3-2-7-15(19)18-11)10-17-13-6-4-5-12(16)9-13/h2-9,17H,10H2,1H3. The minimum Gasteiger partial charge on any atom is -0.379 e. The number of halogens is 1. The van der Waals surface area contributed by atoms with Gasteiger partial charge in [-0.1, -0.05) is 28.1 Å². The zero-order valence-corrected chi connectivity index (χ0v) is 12.2. The fraction of sp³-hybridized carbons (Fsp3) is 0.133. The normalized spacial score (nSPS) is 10.8. The number of pyridine rings is 1. The van der Waals surface area contributed by atoms with Crippen molar-refractivity contribution < 1.29 is 0 Å². The van der Waals surface area contributed by atoms with E-state index in [9.17, 15) is 0 Å². The molecule has 0 aliphatic carbocycles. The second-order valence-electron chi connectivity index (χ2n) is 4.44. The number of nitrogens with zero attached hydrogens (tertiary/aromatic N) is 2. The van der Waals surface area contributed by atoms with Crippen molar-refractivity contribution in [2.24, 2.45) is 0 Å². The summed E-state index contributed by atoms with van der Waals surface area (Å²) in [6.45, 7) is 2.80. The third-order valence-electron chi connectivity index (χ3n) is 3.11. The molecule has 4 heteroatoms. The lowest BCUT2D eigenvalue weighted by Crippen LogP contribution is -2.03. The van der Waals surface area contributed by atoms with Crippen LogP contribution in [0.25, 0.3) is 5.65 Å². The van der Waals surface area contributed by atoms with Crippen LogP contribution in [0.2, 0.25) is 0 Å². The molecule has 2 heterocycles. The summed E-state index contributed by atoms with van der Waals surface area (Å²) in [6, 6.07) is 14.2. The van der Waals surface area contributed by atoms with E-state index in [1.165, 1.54) is 5.69 Å². The maximum absolute atomic E-state index is 4.56. The number of anilines is 1. The second-order valence-corrected chi connectivity index (χ2v) is 5.35. The van der Waals surface area contributed by atoms with Crippen molar-refractivity contribution >= 4 is 27.3 Å². The largest absolute Gasteiger partial charge is 0.379 e. The second kappa shape index (κ2) is 5.05. The molecule has 0 spiro atoms. The van der Waals surface area contributed by atoms with Gasteiger partial charge in [0.25, 0.3) is 0 Å². The fourth-order valence-electron chi connectivity index (χ4n) is 2.16. The summed E-state index contributed by atoms with van der Waals surface area (Å²) >= 11 is 3.48. The molecule has 0 aliphatic rings. The molecule has 96 valence electrons. The average Bonchev–Trinajstić information content (AvgIpc) is 2.72. The van der Waals surface area contributed by atoms with Crippen LogP contribution in [0.4, 0.5) is 5.69 Å². The lowest BCUT2D eigenvalue weighted by atomic mass is 10.3. The van der Waals surface area contributed by atoms with Gasteiger partial charge in [-0.2, -0.15) is 0 Å². The van der Waals surface area contributed by atoms with Crippen LogP contribution >= 0.6 is 15.9 Å². The Morgan fingerprint density at radius 3 is 2.95 bits per heavy atom. The van der Waals surface area contributed by atoms with E-state index < -0.39 is 0 Å². The monoisotopic (exact) mass is 315 g/mol. The lowest BCUT2D eigenvalue weighted by molar-refractivity contribution is 0.986. The highest BCUT2D eigenvalue weighted by Gasteiger charge is 2.07. The van der Waals surface area contributed by atoms with Crippen molar-refractivity contribution in [3.8, 4) is 0 Å². The Balaban J connectivity index is 1.87. The van der Waals surface area contributed by atoms with Crippen LogP contribution in [0.15, 0.2) is 53.1 Å². The highest BCUT2D eigenvalue weighted by Crippen LogP contribution is 2.18. The summed E-state index contributed by atoms with van der Waals surface area (Å²) in [4.78, 5) is 4.56. The van der Waals surface area contributed by atoms with Crippen LogP contribution in [0.3, 0.4) is 0 Å². The van der Waals surface area contributed by atoms with Gasteiger partial charge in [-0.25, -0.2) is 4.98 Å². The van der Waals surface area contributed by atoms with E-state index in [1.54, 1.807) is 0 Å². The first-order valence-corrected chi connectivity index (χ1v) is 6.95. The van der Waals surface area contributed by atoms with Crippen molar-refractivity contribution in [3.63, 3.8) is 0 Å². The van der Waals surface area contributed by atoms with Gasteiger partial charge in [-0.05, 0) is 37.3 Å². The zero-order valence-electron chi connectivity index (χ0n) is 10.6. The van der Waals surface area contributed by atoms with Crippen molar-refractivity contribution in [1.82, 2.24) is 9.38 Å². The number of aromatic nitrogens is 2. The quantitative estimate of drug-likeness (QED) is 0.791. The van der Waals surface area contributed by atoms with Gasteiger partial charge in [0.2, 0.25) is 0 Å². The van der Waals surface area contributed by atoms with Gasteiger partial charge in [0, 0.05) is 16.4 Å². The topological polar surface area (TPSA) is 29.3 Å². The number of aryl methyl sites for hydroxylation is 1. The van der Waals surface area contributed by atoms with Crippen LogP contribution in [-0.4, -0.2) is 9.38 Å². The van der Waals surface area contributed by atoms with Gasteiger partial charge < -0.3 is 9.72 Å². The van der Waals surface area contributed by atoms with E-state index >= 15 is 0 Å². The van der Waals surface area contributed by atoms with E-state index in [4.69, 9.17) is 0 Å². The van der Waals surface area contributed by atoms with E-state index in [2.05, 4.69) is 42.8 Å². The molecule has 0 bridgehead atoms. The number of nitrogens with one attached hydrogen (secondary N) is 1. The van der Waals surface area contributed by atoms with Crippen molar-refractivity contribution in [2.75, 3.05) is 5.32 Å². The minimum atomic E-state index is 0.757. The summed E-state index contributed by atoms with van der Waals surface area (Å²) < 4.78 is 3.20. The first-order chi connectivity index (χ1) is 9.24. The van der Waals surface area contributed by atoms with Gasteiger partial charge >= 0.3 is 0 Å². The van der Waals surface area contributed by atoms with Crippen LogP contribution in [0, 0.1) is 6.92 Å². The molecule has 0 atom stereocenters. The molecule has 0 saturated carbocycles. The molecule has 3 aromatic rings. The van der Waals surface area contributed by atoms with Gasteiger partial charge in [-0.3, -0.25) is 0 Å². The summed E-state index contributed by atoms with van der Waals surface area (Å²) in [6.07, 6.45) is 2.05. The summed E-state index contributed by atoms with van der Waals surface area (Å²) in [7, 11) is 0. The Labute approximate surface area is 120 Å². The van der Waals surface area contributed by atoms with E-state index in [1.807, 2.05) is 43.5 Å². The van der Waals surface area contributed by atoms with E-state index in [0.29, 0.717) is 0 Å². The Kier molecular flexibility index (Phi) is 3.25. The molecule has 19 heavy (non-hydrogen) atoms. The first kappa shape index (κ1) is 12.2. The number of hydrogen-bond donors (Lipinski definition) is 1. The Bertz CT molecular complexity index is 718. The zero-order chi connectivity index (χ0) is 13.2. The van der Waals surface area contributed by atoms with E-state index in [0.717, 1.165) is 28.0 Å². The third-order valence-corrected chi connectivity index (χ3v) is 3.61. The first-order valence-electron chi connectivity index (χ1n) is 6.16. The van der Waals surface area contributed by atoms with Crippen LogP contribution in [0.1, 0.15) is 11.4 Å². The van der Waals surface area contributed by atoms with Crippen LogP contribution in [0.5, 0.6) is 0 Å². The third kappa shape index (κ3) is 2.49. The lowest BCUT2D eigenvalue weighted by Gasteiger charge is -2.07. The van der Waals surface area contributed by atoms with Crippen LogP contribution in [-0.2, 0) is 6.54 Å². The average molecular weight is 316 g/mol. The maximum atomic E-state index is 4.56. The molecular weight excluding hydrogens is 302 g/mol. The predicted molar refractivity (Wildman–Crippen MR) is 81.4 cm³/mol. The molecule has 3 rings (SSSR count). The summed E-state index contributed by atoms with van der Waals surface area (Å²) in [5, 5.41) is 3.43. The van der Waals surface area contributed by atoms with Gasteiger partial charge in [-0.15, -0.1) is 0 Å². The maximum Gasteiger partial charge on any atom is 0.137 e. The van der Waals surface area contributed by atoms with Crippen molar-refractivity contribution in [3.05, 3.63) is 64.5 Å².